The number of anilines is 2. The van der Waals surface area contributed by atoms with Crippen LogP contribution in [0.25, 0.3) is 22.3 Å². The summed E-state index contributed by atoms with van der Waals surface area (Å²) in [6.07, 6.45) is 1.67. The summed E-state index contributed by atoms with van der Waals surface area (Å²) < 4.78 is 30.1. The molecule has 0 unspecified atom stereocenters. The second-order valence-corrected chi connectivity index (χ2v) is 11.7. The van der Waals surface area contributed by atoms with Crippen molar-refractivity contribution in [2.45, 2.75) is 24.3 Å². The number of sulfone groups is 1. The summed E-state index contributed by atoms with van der Waals surface area (Å²) in [6, 6.07) is 17.3. The van der Waals surface area contributed by atoms with Crippen molar-refractivity contribution in [1.82, 2.24) is 15.0 Å². The number of amides is 1. The highest BCUT2D eigenvalue weighted by molar-refractivity contribution is 7.91. The zero-order valence-electron chi connectivity index (χ0n) is 21.9. The van der Waals surface area contributed by atoms with Crippen LogP contribution in [-0.2, 0) is 25.8 Å². The number of carbonyl (C=O) groups is 1. The molecule has 0 aliphatic carbocycles. The molecule has 40 heavy (non-hydrogen) atoms. The number of nitrogens with zero attached hydrogens (tertiary/aromatic N) is 4. The molecule has 11 heteroatoms. The first-order valence-corrected chi connectivity index (χ1v) is 14.4. The van der Waals surface area contributed by atoms with E-state index >= 15 is 0 Å². The van der Waals surface area contributed by atoms with Crippen molar-refractivity contribution in [2.75, 3.05) is 35.7 Å². The van der Waals surface area contributed by atoms with Crippen LogP contribution in [0.4, 0.5) is 11.5 Å². The van der Waals surface area contributed by atoms with E-state index in [1.165, 1.54) is 12.1 Å². The number of nitrogens with one attached hydrogen (secondary N) is 1. The van der Waals surface area contributed by atoms with Crippen molar-refractivity contribution in [3.63, 3.8) is 0 Å². The number of hydrogen-bond donors (Lipinski definition) is 2. The Morgan fingerprint density at radius 1 is 1.12 bits per heavy atom. The van der Waals surface area contributed by atoms with Crippen molar-refractivity contribution < 1.29 is 23.1 Å². The molecule has 0 bridgehead atoms. The molecule has 1 aliphatic heterocycles. The topological polar surface area (TPSA) is 135 Å². The zero-order valence-corrected chi connectivity index (χ0v) is 22.8. The van der Waals surface area contributed by atoms with Gasteiger partial charge >= 0.3 is 0 Å². The number of pyridine rings is 3. The van der Waals surface area contributed by atoms with Gasteiger partial charge in [0.2, 0.25) is 5.91 Å². The van der Waals surface area contributed by atoms with Crippen molar-refractivity contribution in [3.05, 3.63) is 84.9 Å². The number of aromatic nitrogens is 3. The van der Waals surface area contributed by atoms with Crippen molar-refractivity contribution in [3.8, 4) is 11.4 Å². The minimum Gasteiger partial charge on any atom is -0.492 e. The Labute approximate surface area is 232 Å². The SMILES string of the molecule is C=C1CN(c2cccc(-c3ccc4cnc(CC(=O)Nc5cccc(S(=O)(=O)CCO)c5)cc4n3)n2)C[C@@H](C)O1. The fourth-order valence-corrected chi connectivity index (χ4v) is 5.60. The number of rotatable bonds is 8. The first-order valence-electron chi connectivity index (χ1n) is 12.8. The lowest BCUT2D eigenvalue weighted by Crippen LogP contribution is -2.40. The number of fused-ring (bicyclic) bond motifs is 1. The van der Waals surface area contributed by atoms with Gasteiger partial charge in [-0.3, -0.25) is 9.78 Å². The maximum Gasteiger partial charge on any atom is 0.230 e. The molecule has 206 valence electrons. The average Bonchev–Trinajstić information content (AvgIpc) is 2.92. The molecule has 1 saturated heterocycles. The van der Waals surface area contributed by atoms with E-state index in [0.29, 0.717) is 41.4 Å². The number of carbonyl (C=O) groups excluding carboxylic acids is 1. The number of morpholine rings is 1. The Balaban J connectivity index is 1.33. The van der Waals surface area contributed by atoms with E-state index in [0.717, 1.165) is 16.9 Å². The van der Waals surface area contributed by atoms with Crippen LogP contribution in [0.5, 0.6) is 0 Å². The quantitative estimate of drug-likeness (QED) is 0.333. The summed E-state index contributed by atoms with van der Waals surface area (Å²) >= 11 is 0. The van der Waals surface area contributed by atoms with Gasteiger partial charge in [-0.15, -0.1) is 0 Å². The van der Waals surface area contributed by atoms with Gasteiger partial charge in [0.15, 0.2) is 9.84 Å². The molecule has 3 aromatic heterocycles. The van der Waals surface area contributed by atoms with Gasteiger partial charge in [0, 0.05) is 17.3 Å². The number of aliphatic hydroxyl groups is 1. The van der Waals surface area contributed by atoms with Crippen molar-refractivity contribution in [2.24, 2.45) is 0 Å². The van der Waals surface area contributed by atoms with Crippen LogP contribution in [0.2, 0.25) is 0 Å². The molecular weight excluding hydrogens is 530 g/mol. The standard InChI is InChI=1S/C29H29N5O5S/c1-19-17-34(18-20(2)39-19)28-8-4-7-25(33-28)26-10-9-21-16-30-23(14-27(21)32-26)15-29(36)31-22-5-3-6-24(13-22)40(37,38)12-11-35/h3-10,13-14,16,20,35H,1,11-12,15,17-18H2,2H3,(H,31,36)/t20-/m1/s1. The zero-order chi connectivity index (χ0) is 28.3. The minimum atomic E-state index is -3.63. The second-order valence-electron chi connectivity index (χ2n) is 9.59. The Hall–Kier alpha value is -4.35. The normalized spacial score (nSPS) is 15.6. The maximum absolute atomic E-state index is 12.7. The molecule has 1 aliphatic rings. The highest BCUT2D eigenvalue weighted by atomic mass is 32.2. The van der Waals surface area contributed by atoms with Gasteiger partial charge < -0.3 is 20.1 Å². The van der Waals surface area contributed by atoms with Crippen LogP contribution < -0.4 is 10.2 Å². The van der Waals surface area contributed by atoms with Crippen LogP contribution in [0, 0.1) is 0 Å². The summed E-state index contributed by atoms with van der Waals surface area (Å²) in [4.78, 5) is 28.9. The molecule has 5 rings (SSSR count). The summed E-state index contributed by atoms with van der Waals surface area (Å²) in [5.74, 6) is 0.785. The molecule has 10 nitrogen and oxygen atoms in total. The maximum atomic E-state index is 12.7. The summed E-state index contributed by atoms with van der Waals surface area (Å²) in [5.41, 5.74) is 2.94. The lowest BCUT2D eigenvalue weighted by Gasteiger charge is -2.33. The van der Waals surface area contributed by atoms with E-state index in [4.69, 9.17) is 19.8 Å². The van der Waals surface area contributed by atoms with Gasteiger partial charge in [-0.1, -0.05) is 18.7 Å². The minimum absolute atomic E-state index is 0.0249. The molecule has 1 fully saturated rings. The van der Waals surface area contributed by atoms with Gasteiger partial charge in [0.05, 0.1) is 59.4 Å². The molecule has 2 N–H and O–H groups in total. The number of ether oxygens (including phenoxy) is 1. The van der Waals surface area contributed by atoms with Crippen molar-refractivity contribution in [1.29, 1.82) is 0 Å². The lowest BCUT2D eigenvalue weighted by atomic mass is 10.1. The Morgan fingerprint density at radius 2 is 1.93 bits per heavy atom. The predicted octanol–water partition coefficient (Wildman–Crippen LogP) is 3.38. The Morgan fingerprint density at radius 3 is 2.73 bits per heavy atom. The molecule has 1 aromatic carbocycles. The third kappa shape index (κ3) is 6.27. The summed E-state index contributed by atoms with van der Waals surface area (Å²) in [5, 5.41) is 12.6. The van der Waals surface area contributed by atoms with Gasteiger partial charge in [-0.2, -0.15) is 0 Å². The first-order chi connectivity index (χ1) is 19.2. The largest absolute Gasteiger partial charge is 0.492 e. The first kappa shape index (κ1) is 27.2. The molecular formula is C29H29N5O5S. The Kier molecular flexibility index (Phi) is 7.76. The smallest absolute Gasteiger partial charge is 0.230 e. The molecule has 1 atom stereocenters. The van der Waals surface area contributed by atoms with Gasteiger partial charge in [-0.05, 0) is 55.5 Å². The lowest BCUT2D eigenvalue weighted by molar-refractivity contribution is -0.115. The third-order valence-corrected chi connectivity index (χ3v) is 8.03. The van der Waals surface area contributed by atoms with Gasteiger partial charge in [0.25, 0.3) is 0 Å². The monoisotopic (exact) mass is 559 g/mol. The molecule has 4 heterocycles. The summed E-state index contributed by atoms with van der Waals surface area (Å²) in [7, 11) is -3.63. The van der Waals surface area contributed by atoms with Gasteiger partial charge in [0.1, 0.15) is 17.7 Å². The number of benzene rings is 1. The molecule has 0 spiro atoms. The van der Waals surface area contributed by atoms with E-state index in [2.05, 4.69) is 21.8 Å². The summed E-state index contributed by atoms with van der Waals surface area (Å²) in [6.45, 7) is 6.76. The van der Waals surface area contributed by atoms with Crippen LogP contribution in [0.15, 0.2) is 84.1 Å². The molecule has 4 aromatic rings. The predicted molar refractivity (Wildman–Crippen MR) is 153 cm³/mol. The molecule has 0 radical (unpaired) electrons. The van der Waals surface area contributed by atoms with E-state index in [-0.39, 0.29) is 29.1 Å². The third-order valence-electron chi connectivity index (χ3n) is 6.34. The van der Waals surface area contributed by atoms with Gasteiger partial charge in [-0.25, -0.2) is 18.4 Å². The second kappa shape index (κ2) is 11.4. The fourth-order valence-electron chi connectivity index (χ4n) is 4.54. The van der Waals surface area contributed by atoms with E-state index in [1.54, 1.807) is 24.4 Å². The highest BCUT2D eigenvalue weighted by Gasteiger charge is 2.21. The van der Waals surface area contributed by atoms with Crippen LogP contribution in [0.3, 0.4) is 0 Å². The molecule has 0 saturated carbocycles. The molecule has 1 amide bonds. The van der Waals surface area contributed by atoms with Crippen molar-refractivity contribution >= 4 is 38.2 Å². The number of hydrogen-bond acceptors (Lipinski definition) is 9. The number of aliphatic hydroxyl groups excluding tert-OH is 1. The van der Waals surface area contributed by atoms with Crippen LogP contribution in [0.1, 0.15) is 12.6 Å². The van der Waals surface area contributed by atoms with E-state index in [1.807, 2.05) is 37.3 Å². The highest BCUT2D eigenvalue weighted by Crippen LogP contribution is 2.25. The van der Waals surface area contributed by atoms with Crippen LogP contribution in [-0.4, -0.2) is 65.9 Å². The average molecular weight is 560 g/mol. The Bertz CT molecular complexity index is 1690. The van der Waals surface area contributed by atoms with E-state index < -0.39 is 16.4 Å². The fraction of sp³-hybridized carbons (Fsp3) is 0.241. The van der Waals surface area contributed by atoms with Crippen LogP contribution >= 0.6 is 0 Å². The van der Waals surface area contributed by atoms with E-state index in [9.17, 15) is 13.2 Å².